The second-order valence-electron chi connectivity index (χ2n) is 6.63. The number of hydrogen-bond acceptors (Lipinski definition) is 4. The van der Waals surface area contributed by atoms with E-state index >= 15 is 0 Å². The van der Waals surface area contributed by atoms with E-state index in [1.165, 1.54) is 6.42 Å². The van der Waals surface area contributed by atoms with Gasteiger partial charge in [0.2, 0.25) is 5.88 Å². The molecule has 1 saturated carbocycles. The van der Waals surface area contributed by atoms with Crippen molar-refractivity contribution in [3.8, 4) is 5.88 Å². The van der Waals surface area contributed by atoms with Crippen molar-refractivity contribution in [1.82, 2.24) is 15.1 Å². The molecule has 0 spiro atoms. The smallest absolute Gasteiger partial charge is 0.407 e. The SMILES string of the molecule is CCc1cc(OCCNC(=O)OC(C)(C)C)n(C2CCC2)n1. The van der Waals surface area contributed by atoms with Crippen molar-refractivity contribution < 1.29 is 14.3 Å². The molecular weight excluding hydrogens is 282 g/mol. The molecule has 1 aromatic heterocycles. The highest BCUT2D eigenvalue weighted by Gasteiger charge is 2.24. The molecule has 0 aromatic carbocycles. The molecule has 6 nitrogen and oxygen atoms in total. The maximum Gasteiger partial charge on any atom is 0.407 e. The Balaban J connectivity index is 1.79. The highest BCUT2D eigenvalue weighted by atomic mass is 16.6. The lowest BCUT2D eigenvalue weighted by Crippen LogP contribution is -2.34. The van der Waals surface area contributed by atoms with Crippen LogP contribution in [0.25, 0.3) is 0 Å². The number of aromatic nitrogens is 2. The molecule has 0 saturated heterocycles. The molecule has 2 rings (SSSR count). The van der Waals surface area contributed by atoms with Crippen LogP contribution < -0.4 is 10.1 Å². The molecular formula is C16H27N3O3. The Kier molecular flexibility index (Phi) is 5.32. The number of amides is 1. The average Bonchev–Trinajstić information content (AvgIpc) is 2.74. The third-order valence-corrected chi connectivity index (χ3v) is 3.56. The number of nitrogens with one attached hydrogen (secondary N) is 1. The molecule has 0 radical (unpaired) electrons. The second kappa shape index (κ2) is 7.03. The van der Waals surface area contributed by atoms with E-state index in [1.807, 2.05) is 31.5 Å². The highest BCUT2D eigenvalue weighted by molar-refractivity contribution is 5.67. The second-order valence-corrected chi connectivity index (χ2v) is 6.63. The van der Waals surface area contributed by atoms with Crippen molar-refractivity contribution >= 4 is 6.09 Å². The zero-order chi connectivity index (χ0) is 16.2. The van der Waals surface area contributed by atoms with Gasteiger partial charge in [-0.15, -0.1) is 0 Å². The third kappa shape index (κ3) is 4.64. The molecule has 0 atom stereocenters. The number of carbonyl (C=O) groups is 1. The van der Waals surface area contributed by atoms with Gasteiger partial charge in [0.25, 0.3) is 0 Å². The van der Waals surface area contributed by atoms with E-state index in [-0.39, 0.29) is 0 Å². The summed E-state index contributed by atoms with van der Waals surface area (Å²) in [7, 11) is 0. The molecule has 0 unspecified atom stereocenters. The van der Waals surface area contributed by atoms with Gasteiger partial charge in [0.05, 0.1) is 18.3 Å². The Morgan fingerprint density at radius 3 is 2.73 bits per heavy atom. The fraction of sp³-hybridized carbons (Fsp3) is 0.750. The molecule has 22 heavy (non-hydrogen) atoms. The van der Waals surface area contributed by atoms with Gasteiger partial charge in [0, 0.05) is 6.07 Å². The van der Waals surface area contributed by atoms with Gasteiger partial charge in [-0.05, 0) is 46.5 Å². The third-order valence-electron chi connectivity index (χ3n) is 3.56. The first-order chi connectivity index (χ1) is 10.4. The van der Waals surface area contributed by atoms with Crippen LogP contribution in [0.2, 0.25) is 0 Å². The summed E-state index contributed by atoms with van der Waals surface area (Å²) >= 11 is 0. The van der Waals surface area contributed by atoms with E-state index in [9.17, 15) is 4.79 Å². The molecule has 0 aliphatic heterocycles. The molecule has 1 aliphatic carbocycles. The van der Waals surface area contributed by atoms with Crippen molar-refractivity contribution in [2.75, 3.05) is 13.2 Å². The Morgan fingerprint density at radius 2 is 2.18 bits per heavy atom. The maximum absolute atomic E-state index is 11.5. The molecule has 6 heteroatoms. The van der Waals surface area contributed by atoms with Gasteiger partial charge < -0.3 is 14.8 Å². The quantitative estimate of drug-likeness (QED) is 0.820. The van der Waals surface area contributed by atoms with Crippen molar-refractivity contribution in [2.24, 2.45) is 0 Å². The van der Waals surface area contributed by atoms with Crippen molar-refractivity contribution in [2.45, 2.75) is 65.0 Å². The zero-order valence-electron chi connectivity index (χ0n) is 14.0. The van der Waals surface area contributed by atoms with E-state index in [1.54, 1.807) is 0 Å². The normalized spacial score (nSPS) is 15.3. The Morgan fingerprint density at radius 1 is 1.45 bits per heavy atom. The fourth-order valence-electron chi connectivity index (χ4n) is 2.22. The molecule has 1 aromatic rings. The van der Waals surface area contributed by atoms with Gasteiger partial charge in [-0.2, -0.15) is 5.10 Å². The molecule has 1 fully saturated rings. The minimum atomic E-state index is -0.482. The van der Waals surface area contributed by atoms with E-state index < -0.39 is 11.7 Å². The topological polar surface area (TPSA) is 65.4 Å². The van der Waals surface area contributed by atoms with Gasteiger partial charge in [-0.1, -0.05) is 6.92 Å². The van der Waals surface area contributed by atoms with Crippen LogP contribution in [-0.4, -0.2) is 34.6 Å². The van der Waals surface area contributed by atoms with Gasteiger partial charge in [-0.3, -0.25) is 0 Å². The highest BCUT2D eigenvalue weighted by Crippen LogP contribution is 2.34. The zero-order valence-corrected chi connectivity index (χ0v) is 14.0. The van der Waals surface area contributed by atoms with Crippen LogP contribution >= 0.6 is 0 Å². The van der Waals surface area contributed by atoms with E-state index in [0.29, 0.717) is 19.2 Å². The summed E-state index contributed by atoms with van der Waals surface area (Å²) in [6.07, 6.45) is 4.06. The molecule has 124 valence electrons. The van der Waals surface area contributed by atoms with Crippen LogP contribution in [0.3, 0.4) is 0 Å². The molecule has 1 aliphatic rings. The van der Waals surface area contributed by atoms with Gasteiger partial charge >= 0.3 is 6.09 Å². The number of hydrogen-bond donors (Lipinski definition) is 1. The van der Waals surface area contributed by atoms with E-state index in [0.717, 1.165) is 30.8 Å². The first-order valence-corrected chi connectivity index (χ1v) is 8.07. The van der Waals surface area contributed by atoms with E-state index in [4.69, 9.17) is 9.47 Å². The minimum Gasteiger partial charge on any atom is -0.476 e. The van der Waals surface area contributed by atoms with Crippen molar-refractivity contribution in [3.63, 3.8) is 0 Å². The predicted octanol–water partition coefficient (Wildman–Crippen LogP) is 3.07. The van der Waals surface area contributed by atoms with Crippen LogP contribution in [0.5, 0.6) is 5.88 Å². The Bertz CT molecular complexity index is 501. The summed E-state index contributed by atoms with van der Waals surface area (Å²) in [6.45, 7) is 8.42. The largest absolute Gasteiger partial charge is 0.476 e. The Hall–Kier alpha value is -1.72. The summed E-state index contributed by atoms with van der Waals surface area (Å²) < 4.78 is 13.0. The lowest BCUT2D eigenvalue weighted by atomic mass is 9.93. The summed E-state index contributed by atoms with van der Waals surface area (Å²) in [6, 6.07) is 2.46. The monoisotopic (exact) mass is 309 g/mol. The number of alkyl carbamates (subject to hydrolysis) is 1. The van der Waals surface area contributed by atoms with E-state index in [2.05, 4.69) is 17.3 Å². The summed E-state index contributed by atoms with van der Waals surface area (Å²) in [4.78, 5) is 11.5. The average molecular weight is 309 g/mol. The number of nitrogens with zero attached hydrogens (tertiary/aromatic N) is 2. The predicted molar refractivity (Wildman–Crippen MR) is 84.2 cm³/mol. The van der Waals surface area contributed by atoms with Crippen molar-refractivity contribution in [3.05, 3.63) is 11.8 Å². The summed E-state index contributed by atoms with van der Waals surface area (Å²) in [5, 5.41) is 7.28. The van der Waals surface area contributed by atoms with Crippen LogP contribution in [0.4, 0.5) is 4.79 Å². The molecule has 1 amide bonds. The first-order valence-electron chi connectivity index (χ1n) is 8.07. The first kappa shape index (κ1) is 16.6. The fourth-order valence-corrected chi connectivity index (χ4v) is 2.22. The molecule has 1 N–H and O–H groups in total. The van der Waals surface area contributed by atoms with Crippen LogP contribution in [0, 0.1) is 0 Å². The number of rotatable bonds is 6. The van der Waals surface area contributed by atoms with Crippen molar-refractivity contribution in [1.29, 1.82) is 0 Å². The summed E-state index contributed by atoms with van der Waals surface area (Å²) in [5.41, 5.74) is 0.561. The van der Waals surface area contributed by atoms with Gasteiger partial charge in [0.15, 0.2) is 0 Å². The lowest BCUT2D eigenvalue weighted by Gasteiger charge is -2.27. The lowest BCUT2D eigenvalue weighted by molar-refractivity contribution is 0.0519. The van der Waals surface area contributed by atoms with Crippen LogP contribution in [0.1, 0.15) is 58.7 Å². The standard InChI is InChI=1S/C16H27N3O3/c1-5-12-11-14(19(18-12)13-7-6-8-13)21-10-9-17-15(20)22-16(2,3)4/h11,13H,5-10H2,1-4H3,(H,17,20). The van der Waals surface area contributed by atoms with Crippen LogP contribution in [0.15, 0.2) is 6.07 Å². The summed E-state index contributed by atoms with van der Waals surface area (Å²) in [5.74, 6) is 0.799. The Labute approximate surface area is 132 Å². The van der Waals surface area contributed by atoms with Gasteiger partial charge in [0.1, 0.15) is 12.2 Å². The minimum absolute atomic E-state index is 0.404. The maximum atomic E-state index is 11.5. The number of carbonyl (C=O) groups excluding carboxylic acids is 1. The van der Waals surface area contributed by atoms with Crippen LogP contribution in [-0.2, 0) is 11.2 Å². The number of ether oxygens (including phenoxy) is 2. The number of aryl methyl sites for hydroxylation is 1. The van der Waals surface area contributed by atoms with Gasteiger partial charge in [-0.25, -0.2) is 9.48 Å². The molecule has 0 bridgehead atoms. The molecule has 1 heterocycles.